The average molecular weight is 230 g/mol. The number of ether oxygens (including phenoxy) is 2. The number of nitrogens with one attached hydrogen (secondary N) is 1. The van der Waals surface area contributed by atoms with Gasteiger partial charge in [0, 0.05) is 38.3 Å². The normalized spacial score (nSPS) is 26.6. The molecule has 0 aromatic rings. The lowest BCUT2D eigenvalue weighted by Gasteiger charge is -2.38. The maximum Gasteiger partial charge on any atom is 0.0619 e. The maximum atomic E-state index is 5.44. The molecule has 0 spiro atoms. The van der Waals surface area contributed by atoms with Crippen molar-refractivity contribution in [2.24, 2.45) is 0 Å². The molecule has 96 valence electrons. The van der Waals surface area contributed by atoms with Crippen molar-refractivity contribution in [1.29, 1.82) is 0 Å². The zero-order valence-electron chi connectivity index (χ0n) is 11.0. The second-order valence-corrected chi connectivity index (χ2v) is 4.78. The molecule has 0 aromatic carbocycles. The summed E-state index contributed by atoms with van der Waals surface area (Å²) in [6, 6.07) is 1.50. The Labute approximate surface area is 99.3 Å². The highest BCUT2D eigenvalue weighted by molar-refractivity contribution is 4.78. The molecule has 1 fully saturated rings. The molecule has 1 aliphatic heterocycles. The Morgan fingerprint density at radius 3 is 2.88 bits per heavy atom. The molecule has 3 atom stereocenters. The molecule has 1 heterocycles. The van der Waals surface area contributed by atoms with E-state index in [1.807, 2.05) is 0 Å². The highest BCUT2D eigenvalue weighted by Crippen LogP contribution is 2.10. The highest BCUT2D eigenvalue weighted by Gasteiger charge is 2.23. The minimum absolute atomic E-state index is 0.420. The van der Waals surface area contributed by atoms with Crippen LogP contribution in [0.3, 0.4) is 0 Å². The van der Waals surface area contributed by atoms with Crippen LogP contribution >= 0.6 is 0 Å². The van der Waals surface area contributed by atoms with Crippen LogP contribution in [0.1, 0.15) is 20.8 Å². The van der Waals surface area contributed by atoms with E-state index in [1.54, 1.807) is 7.11 Å². The Morgan fingerprint density at radius 2 is 2.25 bits per heavy atom. The predicted molar refractivity (Wildman–Crippen MR) is 65.8 cm³/mol. The van der Waals surface area contributed by atoms with Gasteiger partial charge in [-0.15, -0.1) is 0 Å². The minimum Gasteiger partial charge on any atom is -0.383 e. The summed E-state index contributed by atoms with van der Waals surface area (Å²) in [6.45, 7) is 11.2. The van der Waals surface area contributed by atoms with E-state index in [-0.39, 0.29) is 0 Å². The Kier molecular flexibility index (Phi) is 6.28. The van der Waals surface area contributed by atoms with Gasteiger partial charge >= 0.3 is 0 Å². The van der Waals surface area contributed by atoms with E-state index < -0.39 is 0 Å². The molecule has 0 aromatic heterocycles. The molecule has 0 amide bonds. The SMILES string of the molecule is COCC(C)NCC(C)N1CCOCC1C. The van der Waals surface area contributed by atoms with Gasteiger partial charge in [0.15, 0.2) is 0 Å². The quantitative estimate of drug-likeness (QED) is 0.729. The zero-order chi connectivity index (χ0) is 12.0. The van der Waals surface area contributed by atoms with Crippen LogP contribution in [-0.2, 0) is 9.47 Å². The highest BCUT2D eigenvalue weighted by atomic mass is 16.5. The third-order valence-electron chi connectivity index (χ3n) is 3.16. The molecule has 4 heteroatoms. The van der Waals surface area contributed by atoms with Gasteiger partial charge in [0.2, 0.25) is 0 Å². The van der Waals surface area contributed by atoms with Crippen LogP contribution < -0.4 is 5.32 Å². The molecule has 16 heavy (non-hydrogen) atoms. The molecule has 1 N–H and O–H groups in total. The van der Waals surface area contributed by atoms with Gasteiger partial charge in [0.05, 0.1) is 19.8 Å². The first kappa shape index (κ1) is 13.9. The summed E-state index contributed by atoms with van der Waals surface area (Å²) in [5.74, 6) is 0. The van der Waals surface area contributed by atoms with Crippen molar-refractivity contribution in [1.82, 2.24) is 10.2 Å². The van der Waals surface area contributed by atoms with Crippen LogP contribution in [0.2, 0.25) is 0 Å². The Bertz CT molecular complexity index is 190. The molecule has 0 bridgehead atoms. The largest absolute Gasteiger partial charge is 0.383 e. The Morgan fingerprint density at radius 1 is 1.50 bits per heavy atom. The topological polar surface area (TPSA) is 33.7 Å². The number of hydrogen-bond acceptors (Lipinski definition) is 4. The fourth-order valence-corrected chi connectivity index (χ4v) is 2.19. The number of methoxy groups -OCH3 is 1. The summed E-state index contributed by atoms with van der Waals surface area (Å²) in [5.41, 5.74) is 0. The van der Waals surface area contributed by atoms with Gasteiger partial charge in [-0.2, -0.15) is 0 Å². The fourth-order valence-electron chi connectivity index (χ4n) is 2.19. The van der Waals surface area contributed by atoms with Crippen LogP contribution in [0, 0.1) is 0 Å². The van der Waals surface area contributed by atoms with Crippen molar-refractivity contribution < 1.29 is 9.47 Å². The molecule has 1 rings (SSSR count). The summed E-state index contributed by atoms with van der Waals surface area (Å²) in [7, 11) is 1.74. The lowest BCUT2D eigenvalue weighted by atomic mass is 10.1. The second kappa shape index (κ2) is 7.22. The van der Waals surface area contributed by atoms with E-state index in [9.17, 15) is 0 Å². The van der Waals surface area contributed by atoms with Crippen molar-refractivity contribution in [3.05, 3.63) is 0 Å². The van der Waals surface area contributed by atoms with Gasteiger partial charge in [-0.3, -0.25) is 4.90 Å². The number of hydrogen-bond donors (Lipinski definition) is 1. The molecular formula is C12H26N2O2. The molecule has 1 aliphatic rings. The zero-order valence-corrected chi connectivity index (χ0v) is 11.0. The summed E-state index contributed by atoms with van der Waals surface area (Å²) in [4.78, 5) is 2.51. The van der Waals surface area contributed by atoms with E-state index in [4.69, 9.17) is 9.47 Å². The Hall–Kier alpha value is -0.160. The molecule has 0 radical (unpaired) electrons. The monoisotopic (exact) mass is 230 g/mol. The van der Waals surface area contributed by atoms with Crippen molar-refractivity contribution in [3.8, 4) is 0 Å². The van der Waals surface area contributed by atoms with Crippen LogP contribution in [0.25, 0.3) is 0 Å². The van der Waals surface area contributed by atoms with Crippen LogP contribution in [0.4, 0.5) is 0 Å². The summed E-state index contributed by atoms with van der Waals surface area (Å²) >= 11 is 0. The van der Waals surface area contributed by atoms with Crippen LogP contribution in [-0.4, -0.2) is 63.0 Å². The van der Waals surface area contributed by atoms with Crippen LogP contribution in [0.5, 0.6) is 0 Å². The molecule has 1 saturated heterocycles. The van der Waals surface area contributed by atoms with E-state index in [1.165, 1.54) is 0 Å². The first-order valence-corrected chi connectivity index (χ1v) is 6.21. The molecule has 0 saturated carbocycles. The maximum absolute atomic E-state index is 5.44. The van der Waals surface area contributed by atoms with Gasteiger partial charge in [-0.25, -0.2) is 0 Å². The van der Waals surface area contributed by atoms with Crippen molar-refractivity contribution in [2.45, 2.75) is 38.9 Å². The van der Waals surface area contributed by atoms with Gasteiger partial charge in [0.1, 0.15) is 0 Å². The molecular weight excluding hydrogens is 204 g/mol. The minimum atomic E-state index is 0.420. The van der Waals surface area contributed by atoms with Gasteiger partial charge in [0.25, 0.3) is 0 Å². The van der Waals surface area contributed by atoms with E-state index in [2.05, 4.69) is 31.0 Å². The summed E-state index contributed by atoms with van der Waals surface area (Å²) < 4.78 is 10.6. The number of morpholine rings is 1. The lowest BCUT2D eigenvalue weighted by Crippen LogP contribution is -2.52. The third-order valence-corrected chi connectivity index (χ3v) is 3.16. The first-order valence-electron chi connectivity index (χ1n) is 6.21. The molecule has 4 nitrogen and oxygen atoms in total. The van der Waals surface area contributed by atoms with Gasteiger partial charge in [-0.05, 0) is 20.8 Å². The van der Waals surface area contributed by atoms with Gasteiger partial charge in [-0.1, -0.05) is 0 Å². The smallest absolute Gasteiger partial charge is 0.0619 e. The van der Waals surface area contributed by atoms with E-state index in [0.717, 1.165) is 32.9 Å². The Balaban J connectivity index is 2.25. The first-order chi connectivity index (χ1) is 7.65. The average Bonchev–Trinajstić information content (AvgIpc) is 2.27. The number of rotatable bonds is 6. The van der Waals surface area contributed by atoms with E-state index >= 15 is 0 Å². The van der Waals surface area contributed by atoms with Crippen molar-refractivity contribution in [3.63, 3.8) is 0 Å². The summed E-state index contributed by atoms with van der Waals surface area (Å²) in [5, 5.41) is 3.49. The summed E-state index contributed by atoms with van der Waals surface area (Å²) in [6.07, 6.45) is 0. The lowest BCUT2D eigenvalue weighted by molar-refractivity contribution is -0.0188. The standard InChI is InChI=1S/C12H26N2O2/c1-10(8-15-4)13-7-11(2)14-5-6-16-9-12(14)3/h10-13H,5-9H2,1-4H3. The van der Waals surface area contributed by atoms with E-state index in [0.29, 0.717) is 18.1 Å². The fraction of sp³-hybridized carbons (Fsp3) is 1.00. The van der Waals surface area contributed by atoms with Gasteiger partial charge < -0.3 is 14.8 Å². The van der Waals surface area contributed by atoms with Crippen LogP contribution in [0.15, 0.2) is 0 Å². The second-order valence-electron chi connectivity index (χ2n) is 4.78. The molecule has 0 aliphatic carbocycles. The van der Waals surface area contributed by atoms with Crippen molar-refractivity contribution in [2.75, 3.05) is 40.0 Å². The van der Waals surface area contributed by atoms with Crippen molar-refractivity contribution >= 4 is 0 Å². The molecule has 3 unspecified atom stereocenters. The third kappa shape index (κ3) is 4.37. The predicted octanol–water partition coefficient (Wildman–Crippen LogP) is 0.720. The number of nitrogens with zero attached hydrogens (tertiary/aromatic N) is 1.